The molecule has 2 aromatic carbocycles. The minimum atomic E-state index is -3.59. The van der Waals surface area contributed by atoms with E-state index in [0.29, 0.717) is 6.54 Å². The average molecular weight is 427 g/mol. The van der Waals surface area contributed by atoms with E-state index in [9.17, 15) is 18.0 Å². The molecular formula is C21H21N3O5S. The number of urea groups is 1. The first kappa shape index (κ1) is 21.1. The van der Waals surface area contributed by atoms with Crippen molar-refractivity contribution < 1.29 is 22.4 Å². The first-order valence-electron chi connectivity index (χ1n) is 9.10. The van der Waals surface area contributed by atoms with Crippen LogP contribution in [0.25, 0.3) is 0 Å². The highest BCUT2D eigenvalue weighted by Crippen LogP contribution is 2.18. The van der Waals surface area contributed by atoms with Crippen molar-refractivity contribution in [2.24, 2.45) is 0 Å². The van der Waals surface area contributed by atoms with Gasteiger partial charge in [0, 0.05) is 6.54 Å². The van der Waals surface area contributed by atoms with E-state index in [4.69, 9.17) is 4.42 Å². The number of amides is 3. The predicted molar refractivity (Wildman–Crippen MR) is 110 cm³/mol. The van der Waals surface area contributed by atoms with Crippen molar-refractivity contribution in [3.05, 3.63) is 89.4 Å². The van der Waals surface area contributed by atoms with Crippen LogP contribution in [0.3, 0.4) is 0 Å². The maximum Gasteiger partial charge on any atom is 0.333 e. The summed E-state index contributed by atoms with van der Waals surface area (Å²) in [6.45, 7) is 2.26. The van der Waals surface area contributed by atoms with Crippen LogP contribution in [0.1, 0.15) is 27.4 Å². The van der Waals surface area contributed by atoms with Gasteiger partial charge in [0.15, 0.2) is 15.6 Å². The highest BCUT2D eigenvalue weighted by atomic mass is 32.2. The summed E-state index contributed by atoms with van der Waals surface area (Å²) < 4.78 is 30.1. The Labute approximate surface area is 174 Å². The summed E-state index contributed by atoms with van der Waals surface area (Å²) in [5.74, 6) is -1.09. The zero-order chi connectivity index (χ0) is 21.6. The van der Waals surface area contributed by atoms with Gasteiger partial charge < -0.3 is 9.73 Å². The number of carbonyl (C=O) groups is 2. The van der Waals surface area contributed by atoms with Crippen molar-refractivity contribution in [2.45, 2.75) is 24.1 Å². The number of hydrogen-bond acceptors (Lipinski definition) is 5. The Bertz CT molecular complexity index is 1120. The molecule has 1 aromatic heterocycles. The number of furan rings is 1. The maximum atomic E-state index is 12.4. The van der Waals surface area contributed by atoms with E-state index < -0.39 is 21.8 Å². The molecule has 1 heterocycles. The number of aryl methyl sites for hydroxylation is 1. The van der Waals surface area contributed by atoms with Gasteiger partial charge in [0.2, 0.25) is 0 Å². The van der Waals surface area contributed by atoms with E-state index in [-0.39, 0.29) is 22.2 Å². The SMILES string of the molecule is Cc1ccc(CNC(=O)NNC(=O)c2ccc(CS(=O)(=O)c3ccccc3)o2)cc1. The molecule has 9 heteroatoms. The fraction of sp³-hybridized carbons (Fsp3) is 0.143. The summed E-state index contributed by atoms with van der Waals surface area (Å²) in [4.78, 5) is 24.1. The molecule has 8 nitrogen and oxygen atoms in total. The second-order valence-electron chi connectivity index (χ2n) is 6.59. The molecule has 0 unspecified atom stereocenters. The number of rotatable bonds is 6. The Kier molecular flexibility index (Phi) is 6.53. The molecule has 3 aromatic rings. The van der Waals surface area contributed by atoms with Crippen molar-refractivity contribution in [1.29, 1.82) is 0 Å². The van der Waals surface area contributed by atoms with Gasteiger partial charge in [-0.2, -0.15) is 0 Å². The fourth-order valence-electron chi connectivity index (χ4n) is 2.58. The Morgan fingerprint density at radius 1 is 0.900 bits per heavy atom. The third-order valence-corrected chi connectivity index (χ3v) is 5.84. The lowest BCUT2D eigenvalue weighted by molar-refractivity contribution is 0.0907. The third kappa shape index (κ3) is 5.71. The van der Waals surface area contributed by atoms with Crippen LogP contribution >= 0.6 is 0 Å². The zero-order valence-corrected chi connectivity index (χ0v) is 17.0. The molecule has 30 heavy (non-hydrogen) atoms. The van der Waals surface area contributed by atoms with E-state index in [1.54, 1.807) is 18.2 Å². The zero-order valence-electron chi connectivity index (χ0n) is 16.2. The Hall–Kier alpha value is -3.59. The standard InChI is InChI=1S/C21H21N3O5S/c1-15-7-9-16(10-8-15)13-22-21(26)24-23-20(25)19-12-11-17(29-19)14-30(27,28)18-5-3-2-4-6-18/h2-12H,13-14H2,1H3,(H,23,25)(H2,22,24,26). The second kappa shape index (κ2) is 9.27. The van der Waals surface area contributed by atoms with E-state index in [1.807, 2.05) is 31.2 Å². The molecule has 0 atom stereocenters. The van der Waals surface area contributed by atoms with Crippen molar-refractivity contribution in [1.82, 2.24) is 16.2 Å². The molecule has 0 aliphatic rings. The van der Waals surface area contributed by atoms with E-state index in [0.717, 1.165) is 11.1 Å². The van der Waals surface area contributed by atoms with Crippen molar-refractivity contribution in [3.63, 3.8) is 0 Å². The number of hydrogen-bond donors (Lipinski definition) is 3. The summed E-state index contributed by atoms with van der Waals surface area (Å²) in [6.07, 6.45) is 0. The van der Waals surface area contributed by atoms with Crippen molar-refractivity contribution in [2.75, 3.05) is 0 Å². The lowest BCUT2D eigenvalue weighted by Crippen LogP contribution is -2.46. The van der Waals surface area contributed by atoms with Crippen LogP contribution in [-0.2, 0) is 22.1 Å². The maximum absolute atomic E-state index is 12.4. The minimum Gasteiger partial charge on any atom is -0.455 e. The van der Waals surface area contributed by atoms with E-state index in [2.05, 4.69) is 16.2 Å². The smallest absolute Gasteiger partial charge is 0.333 e. The van der Waals surface area contributed by atoms with Gasteiger partial charge in [-0.1, -0.05) is 48.0 Å². The van der Waals surface area contributed by atoms with Crippen LogP contribution in [0, 0.1) is 6.92 Å². The highest BCUT2D eigenvalue weighted by molar-refractivity contribution is 7.90. The predicted octanol–water partition coefficient (Wildman–Crippen LogP) is 2.71. The molecule has 156 valence electrons. The monoisotopic (exact) mass is 427 g/mol. The summed E-state index contributed by atoms with van der Waals surface area (Å²) in [5.41, 5.74) is 6.46. The Balaban J connectivity index is 1.50. The van der Waals surface area contributed by atoms with Crippen LogP contribution in [0.2, 0.25) is 0 Å². The second-order valence-corrected chi connectivity index (χ2v) is 8.58. The van der Waals surface area contributed by atoms with Gasteiger partial charge in [0.1, 0.15) is 11.5 Å². The first-order chi connectivity index (χ1) is 14.3. The number of sulfone groups is 1. The largest absolute Gasteiger partial charge is 0.455 e. The molecule has 0 saturated heterocycles. The normalized spacial score (nSPS) is 11.0. The molecule has 0 bridgehead atoms. The molecule has 0 radical (unpaired) electrons. The molecular weight excluding hydrogens is 406 g/mol. The number of hydrazine groups is 1. The Morgan fingerprint density at radius 3 is 2.30 bits per heavy atom. The first-order valence-corrected chi connectivity index (χ1v) is 10.7. The number of carbonyl (C=O) groups excluding carboxylic acids is 2. The van der Waals surface area contributed by atoms with Crippen LogP contribution < -0.4 is 16.2 Å². The van der Waals surface area contributed by atoms with Crippen LogP contribution in [-0.4, -0.2) is 20.4 Å². The van der Waals surface area contributed by atoms with Gasteiger partial charge in [-0.25, -0.2) is 18.6 Å². The Morgan fingerprint density at radius 2 is 1.60 bits per heavy atom. The van der Waals surface area contributed by atoms with Crippen molar-refractivity contribution in [3.8, 4) is 0 Å². The van der Waals surface area contributed by atoms with Gasteiger partial charge in [-0.05, 0) is 36.8 Å². The van der Waals surface area contributed by atoms with Gasteiger partial charge in [0.05, 0.1) is 4.90 Å². The van der Waals surface area contributed by atoms with Gasteiger partial charge in [-0.3, -0.25) is 10.2 Å². The molecule has 3 rings (SSSR count). The van der Waals surface area contributed by atoms with Crippen LogP contribution in [0.15, 0.2) is 76.0 Å². The highest BCUT2D eigenvalue weighted by Gasteiger charge is 2.19. The molecule has 0 aliphatic heterocycles. The number of benzene rings is 2. The van der Waals surface area contributed by atoms with Crippen LogP contribution in [0.4, 0.5) is 4.79 Å². The number of nitrogens with one attached hydrogen (secondary N) is 3. The quantitative estimate of drug-likeness (QED) is 0.523. The molecule has 0 fully saturated rings. The van der Waals surface area contributed by atoms with Crippen molar-refractivity contribution >= 4 is 21.8 Å². The van der Waals surface area contributed by atoms with Crippen LogP contribution in [0.5, 0.6) is 0 Å². The lowest BCUT2D eigenvalue weighted by atomic mass is 10.1. The minimum absolute atomic E-state index is 0.118. The fourth-order valence-corrected chi connectivity index (χ4v) is 3.85. The van der Waals surface area contributed by atoms with Gasteiger partial charge >= 0.3 is 11.9 Å². The molecule has 3 N–H and O–H groups in total. The van der Waals surface area contributed by atoms with E-state index in [1.165, 1.54) is 24.3 Å². The lowest BCUT2D eigenvalue weighted by Gasteiger charge is -2.08. The molecule has 0 saturated carbocycles. The summed E-state index contributed by atoms with van der Waals surface area (Å²) in [5, 5.41) is 2.60. The van der Waals surface area contributed by atoms with Gasteiger partial charge in [0.25, 0.3) is 0 Å². The van der Waals surface area contributed by atoms with E-state index >= 15 is 0 Å². The molecule has 0 aliphatic carbocycles. The third-order valence-electron chi connectivity index (χ3n) is 4.18. The molecule has 3 amide bonds. The van der Waals surface area contributed by atoms with Gasteiger partial charge in [-0.15, -0.1) is 0 Å². The summed E-state index contributed by atoms with van der Waals surface area (Å²) >= 11 is 0. The average Bonchev–Trinajstić information content (AvgIpc) is 3.20. The summed E-state index contributed by atoms with van der Waals surface area (Å²) in [6, 6.07) is 17.8. The topological polar surface area (TPSA) is 118 Å². The summed E-state index contributed by atoms with van der Waals surface area (Å²) in [7, 11) is -3.59. The molecule has 0 spiro atoms.